The molecular formula is C18H34O3. The van der Waals surface area contributed by atoms with Crippen LogP contribution in [-0.4, -0.2) is 27.3 Å². The highest BCUT2D eigenvalue weighted by molar-refractivity contribution is 5.14. The molecule has 0 N–H and O–H groups in total. The Hall–Kier alpha value is -0.380. The van der Waals surface area contributed by atoms with Crippen molar-refractivity contribution in [1.29, 1.82) is 0 Å². The monoisotopic (exact) mass is 298 g/mol. The molecule has 1 atom stereocenters. The van der Waals surface area contributed by atoms with Gasteiger partial charge in [-0.15, -0.1) is 0 Å². The minimum Gasteiger partial charge on any atom is -0.330 e. The van der Waals surface area contributed by atoms with Gasteiger partial charge in [0.15, 0.2) is 0 Å². The summed E-state index contributed by atoms with van der Waals surface area (Å²) in [5.74, 6) is -0.703. The number of rotatable bonds is 12. The molecule has 0 radical (unpaired) electrons. The molecule has 3 nitrogen and oxygen atoms in total. The van der Waals surface area contributed by atoms with E-state index in [0.29, 0.717) is 0 Å². The maximum absolute atomic E-state index is 5.62. The Labute approximate surface area is 131 Å². The highest BCUT2D eigenvalue weighted by atomic mass is 16.9. The second-order valence-electron chi connectivity index (χ2n) is 6.00. The molecule has 0 saturated carbocycles. The van der Waals surface area contributed by atoms with Crippen molar-refractivity contribution in [1.82, 2.24) is 0 Å². The standard InChI is InChI=1S/C18H34O3/c1-5-6-7-8-9-10-15-17(16-13-11-12-14-16)18(19-2,20-3)21-4/h13,17H,5-12,14-15H2,1-4H3. The van der Waals surface area contributed by atoms with Gasteiger partial charge in [-0.2, -0.15) is 0 Å². The summed E-state index contributed by atoms with van der Waals surface area (Å²) in [5.41, 5.74) is 1.45. The SMILES string of the molecule is CCCCCCCCC(C1=CCCC1)C(OC)(OC)OC. The van der Waals surface area contributed by atoms with Crippen LogP contribution in [0.1, 0.15) is 71.1 Å². The maximum atomic E-state index is 5.62. The molecule has 1 aliphatic rings. The lowest BCUT2D eigenvalue weighted by molar-refractivity contribution is -0.374. The number of hydrogen-bond donors (Lipinski definition) is 0. The van der Waals surface area contributed by atoms with Crippen LogP contribution in [0, 0.1) is 5.92 Å². The summed E-state index contributed by atoms with van der Waals surface area (Å²) < 4.78 is 16.9. The number of unbranched alkanes of at least 4 members (excludes halogenated alkanes) is 5. The predicted molar refractivity (Wildman–Crippen MR) is 87.2 cm³/mol. The molecule has 1 rings (SSSR count). The van der Waals surface area contributed by atoms with Gasteiger partial charge in [-0.3, -0.25) is 0 Å². The molecule has 1 aliphatic carbocycles. The lowest BCUT2D eigenvalue weighted by Gasteiger charge is -2.37. The highest BCUT2D eigenvalue weighted by Crippen LogP contribution is 2.38. The Kier molecular flexibility index (Phi) is 9.21. The van der Waals surface area contributed by atoms with E-state index < -0.39 is 5.97 Å². The van der Waals surface area contributed by atoms with Gasteiger partial charge in [-0.25, -0.2) is 0 Å². The molecule has 124 valence electrons. The highest BCUT2D eigenvalue weighted by Gasteiger charge is 2.42. The summed E-state index contributed by atoms with van der Waals surface area (Å²) in [5, 5.41) is 0. The van der Waals surface area contributed by atoms with Gasteiger partial charge < -0.3 is 14.2 Å². The van der Waals surface area contributed by atoms with Gasteiger partial charge in [0, 0.05) is 21.3 Å². The molecule has 0 amide bonds. The Balaban J connectivity index is 2.57. The summed E-state index contributed by atoms with van der Waals surface area (Å²) in [6.07, 6.45) is 14.8. The van der Waals surface area contributed by atoms with E-state index in [1.54, 1.807) is 21.3 Å². The fourth-order valence-electron chi connectivity index (χ4n) is 3.41. The van der Waals surface area contributed by atoms with Crippen molar-refractivity contribution >= 4 is 0 Å². The Bertz CT molecular complexity index is 287. The van der Waals surface area contributed by atoms with Crippen LogP contribution in [0.3, 0.4) is 0 Å². The van der Waals surface area contributed by atoms with Crippen molar-refractivity contribution in [3.05, 3.63) is 11.6 Å². The second kappa shape index (κ2) is 10.4. The van der Waals surface area contributed by atoms with Crippen LogP contribution in [-0.2, 0) is 14.2 Å². The third-order valence-electron chi connectivity index (χ3n) is 4.65. The fourth-order valence-corrected chi connectivity index (χ4v) is 3.41. The van der Waals surface area contributed by atoms with E-state index in [4.69, 9.17) is 14.2 Å². The first-order chi connectivity index (χ1) is 10.2. The van der Waals surface area contributed by atoms with Crippen LogP contribution in [0.5, 0.6) is 0 Å². The zero-order chi connectivity index (χ0) is 15.6. The first kappa shape index (κ1) is 18.7. The molecule has 0 saturated heterocycles. The van der Waals surface area contributed by atoms with Crippen molar-refractivity contribution in [2.45, 2.75) is 77.1 Å². The third-order valence-corrected chi connectivity index (χ3v) is 4.65. The molecule has 0 aliphatic heterocycles. The molecule has 1 unspecified atom stereocenters. The summed E-state index contributed by atoms with van der Waals surface area (Å²) in [6, 6.07) is 0. The smallest absolute Gasteiger partial charge is 0.289 e. The van der Waals surface area contributed by atoms with Gasteiger partial charge in [0.2, 0.25) is 0 Å². The average Bonchev–Trinajstić information content (AvgIpc) is 3.04. The van der Waals surface area contributed by atoms with Gasteiger partial charge in [0.25, 0.3) is 5.97 Å². The zero-order valence-corrected chi connectivity index (χ0v) is 14.5. The lowest BCUT2D eigenvalue weighted by Crippen LogP contribution is -2.44. The van der Waals surface area contributed by atoms with Crippen LogP contribution in [0.4, 0.5) is 0 Å². The number of methoxy groups -OCH3 is 3. The van der Waals surface area contributed by atoms with E-state index in [2.05, 4.69) is 13.0 Å². The molecular weight excluding hydrogens is 264 g/mol. The van der Waals surface area contributed by atoms with E-state index in [-0.39, 0.29) is 5.92 Å². The molecule has 21 heavy (non-hydrogen) atoms. The predicted octanol–water partition coefficient (Wildman–Crippen LogP) is 5.06. The number of allylic oxidation sites excluding steroid dienone is 1. The summed E-state index contributed by atoms with van der Waals surface area (Å²) >= 11 is 0. The minimum absolute atomic E-state index is 0.214. The molecule has 0 aromatic heterocycles. The van der Waals surface area contributed by atoms with E-state index in [9.17, 15) is 0 Å². The number of ether oxygens (including phenoxy) is 3. The molecule has 0 aromatic carbocycles. The lowest BCUT2D eigenvalue weighted by atomic mass is 9.89. The van der Waals surface area contributed by atoms with Gasteiger partial charge >= 0.3 is 0 Å². The van der Waals surface area contributed by atoms with Crippen LogP contribution in [0.2, 0.25) is 0 Å². The normalized spacial score (nSPS) is 17.0. The molecule has 0 aromatic rings. The summed E-state index contributed by atoms with van der Waals surface area (Å²) in [7, 11) is 5.03. The Morgan fingerprint density at radius 3 is 2.14 bits per heavy atom. The van der Waals surface area contributed by atoms with Gasteiger partial charge in [-0.05, 0) is 25.7 Å². The van der Waals surface area contributed by atoms with Crippen molar-refractivity contribution in [3.8, 4) is 0 Å². The van der Waals surface area contributed by atoms with Crippen LogP contribution < -0.4 is 0 Å². The van der Waals surface area contributed by atoms with Crippen molar-refractivity contribution < 1.29 is 14.2 Å². The van der Waals surface area contributed by atoms with Crippen molar-refractivity contribution in [2.24, 2.45) is 5.92 Å². The van der Waals surface area contributed by atoms with E-state index in [0.717, 1.165) is 12.8 Å². The van der Waals surface area contributed by atoms with Gasteiger partial charge in [0.05, 0.1) is 5.92 Å². The molecule has 0 heterocycles. The Morgan fingerprint density at radius 1 is 1.00 bits per heavy atom. The van der Waals surface area contributed by atoms with E-state index in [1.807, 2.05) is 0 Å². The third kappa shape index (κ3) is 5.39. The molecule has 0 spiro atoms. The fraction of sp³-hybridized carbons (Fsp3) is 0.889. The Morgan fingerprint density at radius 2 is 1.62 bits per heavy atom. The maximum Gasteiger partial charge on any atom is 0.289 e. The summed E-state index contributed by atoms with van der Waals surface area (Å²) in [6.45, 7) is 2.26. The number of hydrogen-bond acceptors (Lipinski definition) is 3. The second-order valence-corrected chi connectivity index (χ2v) is 6.00. The quantitative estimate of drug-likeness (QED) is 0.286. The summed E-state index contributed by atoms with van der Waals surface area (Å²) in [4.78, 5) is 0. The first-order valence-electron chi connectivity index (χ1n) is 8.58. The van der Waals surface area contributed by atoms with Crippen LogP contribution in [0.25, 0.3) is 0 Å². The average molecular weight is 298 g/mol. The van der Waals surface area contributed by atoms with Crippen molar-refractivity contribution in [2.75, 3.05) is 21.3 Å². The molecule has 0 fully saturated rings. The van der Waals surface area contributed by atoms with Crippen LogP contribution in [0.15, 0.2) is 11.6 Å². The molecule has 3 heteroatoms. The van der Waals surface area contributed by atoms with Gasteiger partial charge in [0.1, 0.15) is 0 Å². The topological polar surface area (TPSA) is 27.7 Å². The zero-order valence-electron chi connectivity index (χ0n) is 14.5. The minimum atomic E-state index is -0.917. The van der Waals surface area contributed by atoms with Gasteiger partial charge in [-0.1, -0.05) is 57.1 Å². The largest absolute Gasteiger partial charge is 0.330 e. The first-order valence-corrected chi connectivity index (χ1v) is 8.58. The van der Waals surface area contributed by atoms with Crippen molar-refractivity contribution in [3.63, 3.8) is 0 Å². The van der Waals surface area contributed by atoms with E-state index in [1.165, 1.54) is 56.9 Å². The van der Waals surface area contributed by atoms with Crippen LogP contribution >= 0.6 is 0 Å². The van der Waals surface area contributed by atoms with E-state index >= 15 is 0 Å². The molecule has 0 bridgehead atoms.